The number of rotatable bonds is 3. The number of aromatic nitrogens is 2. The van der Waals surface area contributed by atoms with E-state index in [0.29, 0.717) is 16.7 Å². The topological polar surface area (TPSA) is 63.9 Å². The van der Waals surface area contributed by atoms with Crippen molar-refractivity contribution in [1.82, 2.24) is 9.97 Å². The van der Waals surface area contributed by atoms with Gasteiger partial charge in [-0.3, -0.25) is 0 Å². The minimum Gasteiger partial charge on any atom is -0.489 e. The summed E-state index contributed by atoms with van der Waals surface area (Å²) in [5.74, 6) is 1.07. The van der Waals surface area contributed by atoms with Crippen LogP contribution in [0.5, 0.6) is 5.75 Å². The Morgan fingerprint density at radius 3 is 2.71 bits per heavy atom. The van der Waals surface area contributed by atoms with Crippen LogP contribution >= 0.6 is 11.6 Å². The van der Waals surface area contributed by atoms with E-state index in [1.54, 1.807) is 6.20 Å². The van der Waals surface area contributed by atoms with E-state index in [0.717, 1.165) is 11.3 Å². The molecule has 90 valence electrons. The SMILES string of the molecule is CC(C)Oc1ccc(-c2cnc(N)[nH]2)cc1Cl. The summed E-state index contributed by atoms with van der Waals surface area (Å²) in [7, 11) is 0. The van der Waals surface area contributed by atoms with Gasteiger partial charge in [0.25, 0.3) is 0 Å². The fourth-order valence-electron chi connectivity index (χ4n) is 1.50. The summed E-state index contributed by atoms with van der Waals surface area (Å²) in [4.78, 5) is 6.89. The van der Waals surface area contributed by atoms with Crippen LogP contribution in [0.1, 0.15) is 13.8 Å². The number of ether oxygens (including phenoxy) is 1. The van der Waals surface area contributed by atoms with E-state index in [1.165, 1.54) is 0 Å². The number of benzene rings is 1. The third-order valence-corrected chi connectivity index (χ3v) is 2.50. The van der Waals surface area contributed by atoms with Gasteiger partial charge in [-0.25, -0.2) is 4.98 Å². The van der Waals surface area contributed by atoms with Crippen molar-refractivity contribution in [3.8, 4) is 17.0 Å². The smallest absolute Gasteiger partial charge is 0.197 e. The molecular weight excluding hydrogens is 238 g/mol. The highest BCUT2D eigenvalue weighted by Gasteiger charge is 2.07. The predicted molar refractivity (Wildman–Crippen MR) is 69.2 cm³/mol. The van der Waals surface area contributed by atoms with Crippen molar-refractivity contribution in [2.24, 2.45) is 0 Å². The van der Waals surface area contributed by atoms with E-state index in [4.69, 9.17) is 22.1 Å². The number of hydrogen-bond acceptors (Lipinski definition) is 3. The third kappa shape index (κ3) is 2.71. The second-order valence-corrected chi connectivity index (χ2v) is 4.40. The Kier molecular flexibility index (Phi) is 3.24. The number of nitrogens with one attached hydrogen (secondary N) is 1. The fraction of sp³-hybridized carbons (Fsp3) is 0.250. The number of nitrogen functional groups attached to an aromatic ring is 1. The molecule has 0 aliphatic rings. The molecule has 1 aromatic heterocycles. The standard InChI is InChI=1S/C12H14ClN3O/c1-7(2)17-11-4-3-8(5-9(11)13)10-6-15-12(14)16-10/h3-7H,1-2H3,(H3,14,15,16). The minimum absolute atomic E-state index is 0.0983. The van der Waals surface area contributed by atoms with E-state index >= 15 is 0 Å². The van der Waals surface area contributed by atoms with Gasteiger partial charge in [0.05, 0.1) is 23.0 Å². The van der Waals surface area contributed by atoms with Crippen molar-refractivity contribution >= 4 is 17.5 Å². The predicted octanol–water partition coefficient (Wildman–Crippen LogP) is 3.10. The number of nitrogens with zero attached hydrogens (tertiary/aromatic N) is 1. The summed E-state index contributed by atoms with van der Waals surface area (Å²) in [5, 5.41) is 0.573. The number of hydrogen-bond donors (Lipinski definition) is 2. The Balaban J connectivity index is 2.30. The molecule has 1 heterocycles. The first-order chi connectivity index (χ1) is 8.06. The molecule has 0 aliphatic heterocycles. The molecule has 17 heavy (non-hydrogen) atoms. The number of aromatic amines is 1. The van der Waals surface area contributed by atoms with Gasteiger partial charge < -0.3 is 15.5 Å². The van der Waals surface area contributed by atoms with Crippen LogP contribution < -0.4 is 10.5 Å². The van der Waals surface area contributed by atoms with Gasteiger partial charge in [0.15, 0.2) is 5.95 Å². The van der Waals surface area contributed by atoms with Gasteiger partial charge in [0.2, 0.25) is 0 Å². The zero-order valence-corrected chi connectivity index (χ0v) is 10.5. The molecule has 5 heteroatoms. The van der Waals surface area contributed by atoms with Crippen molar-refractivity contribution in [1.29, 1.82) is 0 Å². The number of halogens is 1. The van der Waals surface area contributed by atoms with Crippen molar-refractivity contribution in [3.63, 3.8) is 0 Å². The highest BCUT2D eigenvalue weighted by atomic mass is 35.5. The summed E-state index contributed by atoms with van der Waals surface area (Å²) in [6.07, 6.45) is 1.77. The first-order valence-electron chi connectivity index (χ1n) is 5.33. The van der Waals surface area contributed by atoms with E-state index in [2.05, 4.69) is 9.97 Å². The number of anilines is 1. The zero-order valence-electron chi connectivity index (χ0n) is 9.70. The van der Waals surface area contributed by atoms with E-state index in [9.17, 15) is 0 Å². The summed E-state index contributed by atoms with van der Waals surface area (Å²) >= 11 is 6.14. The van der Waals surface area contributed by atoms with Gasteiger partial charge in [-0.15, -0.1) is 0 Å². The molecule has 3 N–H and O–H groups in total. The van der Waals surface area contributed by atoms with Crippen LogP contribution in [0.2, 0.25) is 5.02 Å². The van der Waals surface area contributed by atoms with Crippen LogP contribution in [0.15, 0.2) is 24.4 Å². The Morgan fingerprint density at radius 1 is 1.41 bits per heavy atom. The summed E-state index contributed by atoms with van der Waals surface area (Å²) < 4.78 is 5.56. The normalized spacial score (nSPS) is 10.8. The van der Waals surface area contributed by atoms with Gasteiger partial charge in [0, 0.05) is 5.56 Å². The van der Waals surface area contributed by atoms with Crippen LogP contribution in [0.4, 0.5) is 5.95 Å². The van der Waals surface area contributed by atoms with Crippen LogP contribution in [-0.4, -0.2) is 16.1 Å². The van der Waals surface area contributed by atoms with Gasteiger partial charge in [-0.1, -0.05) is 11.6 Å². The maximum Gasteiger partial charge on any atom is 0.197 e. The molecule has 0 aliphatic carbocycles. The Labute approximate surface area is 105 Å². The summed E-state index contributed by atoms with van der Waals surface area (Å²) in [5.41, 5.74) is 7.29. The average Bonchev–Trinajstić information content (AvgIpc) is 2.67. The Bertz CT molecular complexity index is 522. The molecule has 0 bridgehead atoms. The highest BCUT2D eigenvalue weighted by molar-refractivity contribution is 6.32. The van der Waals surface area contributed by atoms with Gasteiger partial charge in [0.1, 0.15) is 5.75 Å². The Hall–Kier alpha value is -1.68. The molecule has 0 radical (unpaired) electrons. The van der Waals surface area contributed by atoms with Crippen molar-refractivity contribution in [2.75, 3.05) is 5.73 Å². The lowest BCUT2D eigenvalue weighted by atomic mass is 10.1. The molecule has 0 amide bonds. The monoisotopic (exact) mass is 251 g/mol. The number of H-pyrrole nitrogens is 1. The first kappa shape index (κ1) is 11.8. The molecule has 0 unspecified atom stereocenters. The maximum absolute atomic E-state index is 6.14. The number of imidazole rings is 1. The molecule has 1 aromatic carbocycles. The van der Waals surface area contributed by atoms with Crippen molar-refractivity contribution < 1.29 is 4.74 Å². The van der Waals surface area contributed by atoms with Crippen LogP contribution in [0.3, 0.4) is 0 Å². The zero-order chi connectivity index (χ0) is 12.4. The van der Waals surface area contributed by atoms with Gasteiger partial charge in [-0.05, 0) is 32.0 Å². The average molecular weight is 252 g/mol. The lowest BCUT2D eigenvalue weighted by molar-refractivity contribution is 0.242. The second-order valence-electron chi connectivity index (χ2n) is 3.99. The molecule has 2 rings (SSSR count). The molecule has 0 saturated carbocycles. The van der Waals surface area contributed by atoms with Gasteiger partial charge in [-0.2, -0.15) is 0 Å². The highest BCUT2D eigenvalue weighted by Crippen LogP contribution is 2.30. The van der Waals surface area contributed by atoms with Gasteiger partial charge >= 0.3 is 0 Å². The lowest BCUT2D eigenvalue weighted by Gasteiger charge is -2.11. The minimum atomic E-state index is 0.0983. The molecule has 0 fully saturated rings. The molecule has 2 aromatic rings. The second kappa shape index (κ2) is 4.67. The maximum atomic E-state index is 6.14. The molecule has 0 saturated heterocycles. The summed E-state index contributed by atoms with van der Waals surface area (Å²) in [6, 6.07) is 5.58. The molecule has 0 spiro atoms. The molecule has 0 atom stereocenters. The van der Waals surface area contributed by atoms with Crippen molar-refractivity contribution in [2.45, 2.75) is 20.0 Å². The van der Waals surface area contributed by atoms with Crippen LogP contribution in [0.25, 0.3) is 11.3 Å². The van der Waals surface area contributed by atoms with Crippen LogP contribution in [-0.2, 0) is 0 Å². The number of nitrogens with two attached hydrogens (primary N) is 1. The van der Waals surface area contributed by atoms with E-state index in [1.807, 2.05) is 32.0 Å². The fourth-order valence-corrected chi connectivity index (χ4v) is 1.73. The summed E-state index contributed by atoms with van der Waals surface area (Å²) in [6.45, 7) is 3.92. The quantitative estimate of drug-likeness (QED) is 0.881. The first-order valence-corrected chi connectivity index (χ1v) is 5.71. The molecular formula is C12H14ClN3O. The van der Waals surface area contributed by atoms with Crippen LogP contribution in [0, 0.1) is 0 Å². The van der Waals surface area contributed by atoms with E-state index < -0.39 is 0 Å². The van der Waals surface area contributed by atoms with E-state index in [-0.39, 0.29) is 6.10 Å². The largest absolute Gasteiger partial charge is 0.489 e. The third-order valence-electron chi connectivity index (χ3n) is 2.20. The molecule has 4 nitrogen and oxygen atoms in total. The lowest BCUT2D eigenvalue weighted by Crippen LogP contribution is -2.05. The Morgan fingerprint density at radius 2 is 2.18 bits per heavy atom. The van der Waals surface area contributed by atoms with Crippen molar-refractivity contribution in [3.05, 3.63) is 29.4 Å².